The molecule has 0 N–H and O–H groups in total. The van der Waals surface area contributed by atoms with Gasteiger partial charge in [-0.1, -0.05) is 30.3 Å². The second kappa shape index (κ2) is 8.64. The average Bonchev–Trinajstić information content (AvgIpc) is 3.12. The van der Waals surface area contributed by atoms with Crippen LogP contribution in [0.4, 0.5) is 5.69 Å². The lowest BCUT2D eigenvalue weighted by Crippen LogP contribution is -2.04. The third-order valence-corrected chi connectivity index (χ3v) is 6.25. The van der Waals surface area contributed by atoms with Gasteiger partial charge in [0.25, 0.3) is 0 Å². The minimum atomic E-state index is -3.64. The lowest BCUT2D eigenvalue weighted by Gasteiger charge is -2.08. The highest BCUT2D eigenvalue weighted by Gasteiger charge is 2.25. The van der Waals surface area contributed by atoms with E-state index in [-0.39, 0.29) is 27.9 Å². The minimum Gasteiger partial charge on any atom is -0.462 e. The molecule has 0 aliphatic heterocycles. The lowest BCUT2D eigenvalue weighted by molar-refractivity contribution is -0.385. The van der Waals surface area contributed by atoms with Crippen molar-refractivity contribution < 1.29 is 27.6 Å². The number of nitrogens with zero attached hydrogens (tertiary/aromatic N) is 1. The van der Waals surface area contributed by atoms with Crippen LogP contribution in [0.5, 0.6) is 11.5 Å². The molecule has 0 atom stereocenters. The van der Waals surface area contributed by atoms with Crippen LogP contribution in [0.25, 0.3) is 10.4 Å². The average molecular weight is 447 g/mol. The van der Waals surface area contributed by atoms with Crippen molar-refractivity contribution >= 4 is 32.8 Å². The fourth-order valence-electron chi connectivity index (χ4n) is 2.61. The monoisotopic (exact) mass is 447 g/mol. The molecule has 0 unspecified atom stereocenters. The van der Waals surface area contributed by atoms with E-state index in [2.05, 4.69) is 0 Å². The van der Waals surface area contributed by atoms with Crippen LogP contribution in [0.3, 0.4) is 0 Å². The zero-order valence-corrected chi connectivity index (χ0v) is 17.7. The highest BCUT2D eigenvalue weighted by atomic mass is 32.2. The summed E-state index contributed by atoms with van der Waals surface area (Å²) in [4.78, 5) is 23.8. The van der Waals surface area contributed by atoms with Crippen molar-refractivity contribution in [1.29, 1.82) is 0 Å². The lowest BCUT2D eigenvalue weighted by atomic mass is 10.2. The van der Waals surface area contributed by atoms with Gasteiger partial charge in [0, 0.05) is 23.3 Å². The van der Waals surface area contributed by atoms with E-state index in [4.69, 9.17) is 9.47 Å². The van der Waals surface area contributed by atoms with Crippen molar-refractivity contribution in [2.75, 3.05) is 12.9 Å². The summed E-state index contributed by atoms with van der Waals surface area (Å²) in [5.41, 5.74) is 0.310. The highest BCUT2D eigenvalue weighted by molar-refractivity contribution is 7.90. The zero-order chi connectivity index (χ0) is 21.9. The molecule has 0 spiro atoms. The van der Waals surface area contributed by atoms with Gasteiger partial charge in [-0.2, -0.15) is 0 Å². The molecule has 2 aromatic carbocycles. The normalized spacial score (nSPS) is 11.1. The van der Waals surface area contributed by atoms with E-state index >= 15 is 0 Å². The molecule has 0 radical (unpaired) electrons. The molecular formula is C20H17NO7S2. The van der Waals surface area contributed by atoms with Gasteiger partial charge < -0.3 is 9.47 Å². The Bertz CT molecular complexity index is 1200. The molecule has 8 nitrogen and oxygen atoms in total. The molecule has 1 aromatic heterocycles. The fraction of sp³-hybridized carbons (Fsp3) is 0.150. The van der Waals surface area contributed by atoms with Crippen LogP contribution in [-0.2, 0) is 14.6 Å². The van der Waals surface area contributed by atoms with E-state index in [1.54, 1.807) is 13.0 Å². The number of esters is 1. The fourth-order valence-corrected chi connectivity index (χ4v) is 4.23. The van der Waals surface area contributed by atoms with Crippen molar-refractivity contribution in [3.63, 3.8) is 0 Å². The van der Waals surface area contributed by atoms with Crippen molar-refractivity contribution in [3.05, 3.63) is 69.6 Å². The topological polar surface area (TPSA) is 113 Å². The van der Waals surface area contributed by atoms with Crippen LogP contribution in [0.2, 0.25) is 0 Å². The van der Waals surface area contributed by atoms with Crippen LogP contribution in [0.1, 0.15) is 16.6 Å². The molecule has 0 fully saturated rings. The molecule has 156 valence electrons. The van der Waals surface area contributed by atoms with Crippen LogP contribution in [0.15, 0.2) is 59.5 Å². The SMILES string of the molecule is CCOC(=O)c1sc(-c2ccccc2)cc1Oc1ccc(S(C)(=O)=O)cc1[N+](=O)[O-]. The van der Waals surface area contributed by atoms with E-state index < -0.39 is 26.4 Å². The Kier molecular flexibility index (Phi) is 6.18. The van der Waals surface area contributed by atoms with Crippen LogP contribution in [-0.4, -0.2) is 32.2 Å². The Morgan fingerprint density at radius 3 is 2.40 bits per heavy atom. The number of thiophene rings is 1. The number of hydrogen-bond donors (Lipinski definition) is 0. The summed E-state index contributed by atoms with van der Waals surface area (Å²) in [5, 5.41) is 11.5. The van der Waals surface area contributed by atoms with Crippen molar-refractivity contribution in [2.45, 2.75) is 11.8 Å². The number of ether oxygens (including phenoxy) is 2. The maximum atomic E-state index is 12.4. The van der Waals surface area contributed by atoms with E-state index in [0.29, 0.717) is 4.88 Å². The number of nitro benzene ring substituents is 1. The van der Waals surface area contributed by atoms with Crippen molar-refractivity contribution in [3.8, 4) is 21.9 Å². The first-order valence-corrected chi connectivity index (χ1v) is 11.4. The summed E-state index contributed by atoms with van der Waals surface area (Å²) in [7, 11) is -3.64. The second-order valence-electron chi connectivity index (χ2n) is 6.15. The maximum absolute atomic E-state index is 12.4. The predicted molar refractivity (Wildman–Crippen MR) is 112 cm³/mol. The van der Waals surface area contributed by atoms with Crippen molar-refractivity contribution in [1.82, 2.24) is 0 Å². The molecule has 1 heterocycles. The first-order valence-electron chi connectivity index (χ1n) is 8.73. The third kappa shape index (κ3) is 4.66. The molecule has 0 saturated carbocycles. The van der Waals surface area contributed by atoms with Crippen LogP contribution in [0, 0.1) is 10.1 Å². The summed E-state index contributed by atoms with van der Waals surface area (Å²) in [6, 6.07) is 14.2. The number of sulfone groups is 1. The van der Waals surface area contributed by atoms with E-state index in [9.17, 15) is 23.3 Å². The molecular weight excluding hydrogens is 430 g/mol. The van der Waals surface area contributed by atoms with Gasteiger partial charge >= 0.3 is 11.7 Å². The molecule has 3 aromatic rings. The number of hydrogen-bond acceptors (Lipinski definition) is 8. The molecule has 10 heteroatoms. The zero-order valence-electron chi connectivity index (χ0n) is 16.0. The molecule has 30 heavy (non-hydrogen) atoms. The Morgan fingerprint density at radius 2 is 1.80 bits per heavy atom. The predicted octanol–water partition coefficient (Wildman–Crippen LogP) is 4.70. The van der Waals surface area contributed by atoms with E-state index in [1.165, 1.54) is 12.1 Å². The van der Waals surface area contributed by atoms with Gasteiger partial charge in [0.15, 0.2) is 20.5 Å². The van der Waals surface area contributed by atoms with Crippen molar-refractivity contribution in [2.24, 2.45) is 0 Å². The van der Waals surface area contributed by atoms with Gasteiger partial charge in [-0.15, -0.1) is 11.3 Å². The summed E-state index contributed by atoms with van der Waals surface area (Å²) in [6.07, 6.45) is 0.955. The molecule has 0 aliphatic carbocycles. The van der Waals surface area contributed by atoms with Gasteiger partial charge in [0.1, 0.15) is 0 Å². The van der Waals surface area contributed by atoms with Gasteiger partial charge in [-0.05, 0) is 24.6 Å². The standard InChI is InChI=1S/C20H17NO7S2/c1-3-27-20(22)19-17(12-18(29-19)13-7-5-4-6-8-13)28-16-10-9-14(30(2,25)26)11-15(16)21(23)24/h4-12H,3H2,1-2H3. The second-order valence-corrected chi connectivity index (χ2v) is 9.22. The molecule has 0 bridgehead atoms. The maximum Gasteiger partial charge on any atom is 0.352 e. The summed E-state index contributed by atoms with van der Waals surface area (Å²) >= 11 is 1.14. The molecule has 0 amide bonds. The van der Waals surface area contributed by atoms with Gasteiger partial charge in [0.2, 0.25) is 5.75 Å². The third-order valence-electron chi connectivity index (χ3n) is 3.99. The largest absolute Gasteiger partial charge is 0.462 e. The Balaban J connectivity index is 2.08. The Hall–Kier alpha value is -3.24. The molecule has 3 rings (SSSR count). The molecule has 0 aliphatic rings. The van der Waals surface area contributed by atoms with Crippen LogP contribution >= 0.6 is 11.3 Å². The minimum absolute atomic E-state index is 0.0903. The Morgan fingerprint density at radius 1 is 1.10 bits per heavy atom. The van der Waals surface area contributed by atoms with Gasteiger partial charge in [-0.3, -0.25) is 10.1 Å². The number of rotatable bonds is 7. The highest BCUT2D eigenvalue weighted by Crippen LogP contribution is 2.41. The quantitative estimate of drug-likeness (QED) is 0.293. The van der Waals surface area contributed by atoms with E-state index in [1.807, 2.05) is 30.3 Å². The summed E-state index contributed by atoms with van der Waals surface area (Å²) < 4.78 is 34.2. The van der Waals surface area contributed by atoms with Gasteiger partial charge in [-0.25, -0.2) is 13.2 Å². The molecule has 0 saturated heterocycles. The van der Waals surface area contributed by atoms with Gasteiger partial charge in [0.05, 0.1) is 16.4 Å². The number of benzene rings is 2. The summed E-state index contributed by atoms with van der Waals surface area (Å²) in [6.45, 7) is 1.82. The smallest absolute Gasteiger partial charge is 0.352 e. The number of nitro groups is 1. The summed E-state index contributed by atoms with van der Waals surface area (Å²) in [5.74, 6) is -0.710. The number of carbonyl (C=O) groups excluding carboxylic acids is 1. The number of carbonyl (C=O) groups is 1. The van der Waals surface area contributed by atoms with Crippen LogP contribution < -0.4 is 4.74 Å². The van der Waals surface area contributed by atoms with E-state index in [0.717, 1.165) is 29.2 Å². The Labute approximate surface area is 176 Å². The first-order chi connectivity index (χ1) is 14.2. The first kappa shape index (κ1) is 21.5.